The monoisotopic (exact) mass is 447 g/mol. The van der Waals surface area contributed by atoms with Gasteiger partial charge in [0.25, 0.3) is 21.6 Å². The number of hydrogen-bond acceptors (Lipinski definition) is 6. The van der Waals surface area contributed by atoms with Gasteiger partial charge in [0.05, 0.1) is 15.5 Å². The Morgan fingerprint density at radius 1 is 1.13 bits per heavy atom. The van der Waals surface area contributed by atoms with Gasteiger partial charge in [-0.15, -0.1) is 0 Å². The number of amides is 1. The summed E-state index contributed by atoms with van der Waals surface area (Å²) in [7, 11) is -3.94. The SMILES string of the molecule is C[C@@H](Oc1ccc(S(=O)(=O)Nc2cccc([N+](=O)[O-])c2)cc1)C(=O)NC1CCCCC1. The minimum atomic E-state index is -3.94. The Hall–Kier alpha value is -3.14. The Bertz CT molecular complexity index is 1030. The summed E-state index contributed by atoms with van der Waals surface area (Å²) in [6.45, 7) is 1.65. The second-order valence-electron chi connectivity index (χ2n) is 7.49. The van der Waals surface area contributed by atoms with Crippen LogP contribution in [0.4, 0.5) is 11.4 Å². The van der Waals surface area contributed by atoms with Gasteiger partial charge in [-0.05, 0) is 50.1 Å². The number of carbonyl (C=O) groups is 1. The van der Waals surface area contributed by atoms with Crippen molar-refractivity contribution in [3.63, 3.8) is 0 Å². The zero-order valence-electron chi connectivity index (χ0n) is 17.1. The molecule has 1 saturated carbocycles. The molecule has 166 valence electrons. The van der Waals surface area contributed by atoms with Crippen molar-refractivity contribution in [2.75, 3.05) is 4.72 Å². The number of nitro benzene ring substituents is 1. The van der Waals surface area contributed by atoms with Crippen LogP contribution in [-0.2, 0) is 14.8 Å². The zero-order valence-corrected chi connectivity index (χ0v) is 17.9. The van der Waals surface area contributed by atoms with Crippen LogP contribution in [0.3, 0.4) is 0 Å². The van der Waals surface area contributed by atoms with E-state index in [0.717, 1.165) is 31.7 Å². The first kappa shape index (κ1) is 22.5. The summed E-state index contributed by atoms with van der Waals surface area (Å²) >= 11 is 0. The van der Waals surface area contributed by atoms with Crippen molar-refractivity contribution in [1.29, 1.82) is 0 Å². The highest BCUT2D eigenvalue weighted by atomic mass is 32.2. The van der Waals surface area contributed by atoms with Crippen LogP contribution in [0.2, 0.25) is 0 Å². The second-order valence-corrected chi connectivity index (χ2v) is 9.17. The van der Waals surface area contributed by atoms with E-state index in [4.69, 9.17) is 4.74 Å². The lowest BCUT2D eigenvalue weighted by Crippen LogP contribution is -2.43. The number of hydrogen-bond donors (Lipinski definition) is 2. The van der Waals surface area contributed by atoms with Gasteiger partial charge in [0.1, 0.15) is 5.75 Å². The van der Waals surface area contributed by atoms with E-state index in [-0.39, 0.29) is 28.2 Å². The molecule has 1 aliphatic rings. The number of nitrogens with zero attached hydrogens (tertiary/aromatic N) is 1. The molecule has 0 aliphatic heterocycles. The number of anilines is 1. The fraction of sp³-hybridized carbons (Fsp3) is 0.381. The molecule has 0 spiro atoms. The maximum Gasteiger partial charge on any atom is 0.271 e. The number of carbonyl (C=O) groups excluding carboxylic acids is 1. The molecule has 0 saturated heterocycles. The fourth-order valence-electron chi connectivity index (χ4n) is 3.42. The van der Waals surface area contributed by atoms with E-state index in [1.165, 1.54) is 48.9 Å². The number of nitro groups is 1. The van der Waals surface area contributed by atoms with E-state index in [1.807, 2.05) is 0 Å². The van der Waals surface area contributed by atoms with Crippen LogP contribution in [0.1, 0.15) is 39.0 Å². The van der Waals surface area contributed by atoms with Crippen molar-refractivity contribution in [3.05, 3.63) is 58.6 Å². The maximum atomic E-state index is 12.6. The summed E-state index contributed by atoms with van der Waals surface area (Å²) in [5, 5.41) is 13.9. The first-order valence-electron chi connectivity index (χ1n) is 10.1. The summed E-state index contributed by atoms with van der Waals surface area (Å²) < 4.78 is 33.1. The molecular weight excluding hydrogens is 422 g/mol. The topological polar surface area (TPSA) is 128 Å². The average Bonchev–Trinajstić information content (AvgIpc) is 2.74. The van der Waals surface area contributed by atoms with E-state index in [2.05, 4.69) is 10.0 Å². The van der Waals surface area contributed by atoms with Gasteiger partial charge in [-0.25, -0.2) is 8.42 Å². The Kier molecular flexibility index (Phi) is 7.11. The van der Waals surface area contributed by atoms with Crippen LogP contribution in [0.5, 0.6) is 5.75 Å². The standard InChI is InChI=1S/C21H25N3O6S/c1-15(21(25)22-16-6-3-2-4-7-16)30-19-10-12-20(13-11-19)31(28,29)23-17-8-5-9-18(14-17)24(26)27/h5,8-16,23H,2-4,6-7H2,1H3,(H,22,25)/t15-/m1/s1. The van der Waals surface area contributed by atoms with E-state index < -0.39 is 21.1 Å². The lowest BCUT2D eigenvalue weighted by molar-refractivity contribution is -0.384. The number of non-ortho nitro benzene ring substituents is 1. The number of rotatable bonds is 8. The average molecular weight is 448 g/mol. The quantitative estimate of drug-likeness (QED) is 0.470. The zero-order chi connectivity index (χ0) is 22.4. The highest BCUT2D eigenvalue weighted by Gasteiger charge is 2.21. The molecule has 0 aromatic heterocycles. The molecule has 1 fully saturated rings. The van der Waals surface area contributed by atoms with Crippen molar-refractivity contribution in [1.82, 2.24) is 5.32 Å². The smallest absolute Gasteiger partial charge is 0.271 e. The molecule has 2 aromatic carbocycles. The van der Waals surface area contributed by atoms with E-state index in [9.17, 15) is 23.3 Å². The molecule has 1 aliphatic carbocycles. The van der Waals surface area contributed by atoms with Crippen LogP contribution in [0.15, 0.2) is 53.4 Å². The van der Waals surface area contributed by atoms with Crippen molar-refractivity contribution >= 4 is 27.3 Å². The number of ether oxygens (including phenoxy) is 1. The molecule has 9 nitrogen and oxygen atoms in total. The van der Waals surface area contributed by atoms with Gasteiger partial charge in [-0.1, -0.05) is 25.3 Å². The Morgan fingerprint density at radius 2 is 1.81 bits per heavy atom. The summed E-state index contributed by atoms with van der Waals surface area (Å²) in [6.07, 6.45) is 4.66. The Labute approximate surface area is 181 Å². The third-order valence-corrected chi connectivity index (χ3v) is 6.47. The molecule has 2 aromatic rings. The van der Waals surface area contributed by atoms with Gasteiger partial charge >= 0.3 is 0 Å². The van der Waals surface area contributed by atoms with Crippen LogP contribution in [-0.4, -0.2) is 31.4 Å². The Balaban J connectivity index is 1.61. The number of sulfonamides is 1. The molecule has 0 heterocycles. The molecule has 2 N–H and O–H groups in total. The molecule has 31 heavy (non-hydrogen) atoms. The van der Waals surface area contributed by atoms with Crippen molar-refractivity contribution in [2.45, 2.75) is 56.1 Å². The molecule has 0 bridgehead atoms. The summed E-state index contributed by atoms with van der Waals surface area (Å²) in [4.78, 5) is 22.6. The Morgan fingerprint density at radius 3 is 2.45 bits per heavy atom. The number of nitrogens with one attached hydrogen (secondary N) is 2. The first-order chi connectivity index (χ1) is 14.7. The summed E-state index contributed by atoms with van der Waals surface area (Å²) in [6, 6.07) is 11.0. The predicted molar refractivity (Wildman–Crippen MR) is 115 cm³/mol. The van der Waals surface area contributed by atoms with Gasteiger partial charge in [0.15, 0.2) is 6.10 Å². The van der Waals surface area contributed by atoms with Gasteiger partial charge < -0.3 is 10.1 Å². The van der Waals surface area contributed by atoms with Crippen LogP contribution in [0, 0.1) is 10.1 Å². The summed E-state index contributed by atoms with van der Waals surface area (Å²) in [5.41, 5.74) is -0.132. The molecule has 0 radical (unpaired) electrons. The summed E-state index contributed by atoms with van der Waals surface area (Å²) in [5.74, 6) is 0.163. The van der Waals surface area contributed by atoms with Crippen molar-refractivity contribution < 1.29 is 22.9 Å². The van der Waals surface area contributed by atoms with Crippen LogP contribution in [0.25, 0.3) is 0 Å². The lowest BCUT2D eigenvalue weighted by Gasteiger charge is -2.24. The highest BCUT2D eigenvalue weighted by Crippen LogP contribution is 2.23. The molecule has 3 rings (SSSR count). The minimum absolute atomic E-state index is 0.0364. The van der Waals surface area contributed by atoms with E-state index >= 15 is 0 Å². The lowest BCUT2D eigenvalue weighted by atomic mass is 9.95. The van der Waals surface area contributed by atoms with Gasteiger partial charge in [-0.2, -0.15) is 0 Å². The third kappa shape index (κ3) is 6.17. The van der Waals surface area contributed by atoms with Gasteiger partial charge in [0, 0.05) is 18.2 Å². The largest absolute Gasteiger partial charge is 0.481 e. The van der Waals surface area contributed by atoms with Gasteiger partial charge in [-0.3, -0.25) is 19.6 Å². The maximum absolute atomic E-state index is 12.6. The van der Waals surface area contributed by atoms with Crippen molar-refractivity contribution in [3.8, 4) is 5.75 Å². The van der Waals surface area contributed by atoms with E-state index in [0.29, 0.717) is 5.75 Å². The molecule has 1 atom stereocenters. The highest BCUT2D eigenvalue weighted by molar-refractivity contribution is 7.92. The van der Waals surface area contributed by atoms with Crippen molar-refractivity contribution in [2.24, 2.45) is 0 Å². The normalized spacial score (nSPS) is 15.6. The van der Waals surface area contributed by atoms with Gasteiger partial charge in [0.2, 0.25) is 0 Å². The molecule has 10 heteroatoms. The van der Waals surface area contributed by atoms with Crippen LogP contribution < -0.4 is 14.8 Å². The van der Waals surface area contributed by atoms with E-state index in [1.54, 1.807) is 6.92 Å². The third-order valence-electron chi connectivity index (χ3n) is 5.08. The first-order valence-corrected chi connectivity index (χ1v) is 11.6. The fourth-order valence-corrected chi connectivity index (χ4v) is 4.47. The van der Waals surface area contributed by atoms with Crippen LogP contribution >= 0.6 is 0 Å². The minimum Gasteiger partial charge on any atom is -0.481 e. The number of benzene rings is 2. The predicted octanol–water partition coefficient (Wildman–Crippen LogP) is 3.61. The molecule has 0 unspecified atom stereocenters. The second kappa shape index (κ2) is 9.78. The molecule has 1 amide bonds. The molecular formula is C21H25N3O6S.